The molecule has 0 spiro atoms. The quantitative estimate of drug-likeness (QED) is 0.448. The van der Waals surface area contributed by atoms with E-state index in [1.165, 1.54) is 0 Å². The van der Waals surface area contributed by atoms with Crippen molar-refractivity contribution in [2.75, 3.05) is 6.61 Å². The molecular weight excluding hydrogens is 278 g/mol. The molecule has 3 nitrogen and oxygen atoms in total. The summed E-state index contributed by atoms with van der Waals surface area (Å²) in [5, 5.41) is 26.0. The van der Waals surface area contributed by atoms with E-state index in [-0.39, 0.29) is 6.61 Å². The molecule has 0 rings (SSSR count). The number of hydrogen-bond acceptors (Lipinski definition) is 3. The van der Waals surface area contributed by atoms with Crippen LogP contribution in [0.3, 0.4) is 0 Å². The first-order valence-electron chi connectivity index (χ1n) is 7.16. The lowest BCUT2D eigenvalue weighted by molar-refractivity contribution is 0.138. The second-order valence-electron chi connectivity index (χ2n) is 5.32. The summed E-state index contributed by atoms with van der Waals surface area (Å²) in [4.78, 5) is 0. The minimum atomic E-state index is -1.46. The molecule has 0 aromatic carbocycles. The van der Waals surface area contributed by atoms with E-state index in [2.05, 4.69) is 54.3 Å². The Morgan fingerprint density at radius 3 is 2.43 bits per heavy atom. The highest BCUT2D eigenvalue weighted by atomic mass is 28.3. The smallest absolute Gasteiger partial charge is 0.138 e. The van der Waals surface area contributed by atoms with Crippen LogP contribution in [0.25, 0.3) is 0 Å². The van der Waals surface area contributed by atoms with Gasteiger partial charge in [0.2, 0.25) is 0 Å². The minimum absolute atomic E-state index is 0.363. The van der Waals surface area contributed by atoms with E-state index in [0.29, 0.717) is 6.42 Å². The molecule has 1 atom stereocenters. The second kappa shape index (κ2) is 12.1. The van der Waals surface area contributed by atoms with Crippen molar-refractivity contribution in [3.8, 4) is 41.2 Å². The van der Waals surface area contributed by atoms with Crippen molar-refractivity contribution in [1.82, 2.24) is 0 Å². The average molecular weight is 301 g/mol. The van der Waals surface area contributed by atoms with Crippen molar-refractivity contribution in [2.24, 2.45) is 0 Å². The number of nitriles is 1. The predicted octanol–water partition coefficient (Wildman–Crippen LogP) is 2.07. The summed E-state index contributed by atoms with van der Waals surface area (Å²) in [6.45, 7) is 4.11. The van der Waals surface area contributed by atoms with E-state index in [1.54, 1.807) is 0 Å². The van der Waals surface area contributed by atoms with E-state index in [4.69, 9.17) is 15.5 Å². The lowest BCUT2D eigenvalue weighted by Gasteiger charge is -2.12. The van der Waals surface area contributed by atoms with E-state index < -0.39 is 14.2 Å². The molecule has 0 unspecified atom stereocenters. The molecule has 0 heterocycles. The van der Waals surface area contributed by atoms with Gasteiger partial charge in [0, 0.05) is 19.3 Å². The van der Waals surface area contributed by atoms with Crippen LogP contribution in [0.2, 0.25) is 19.1 Å². The Hall–Kier alpha value is -1.69. The van der Waals surface area contributed by atoms with Crippen LogP contribution in [0.4, 0.5) is 0 Å². The molecule has 0 bridgehead atoms. The summed E-state index contributed by atoms with van der Waals surface area (Å²) in [6.07, 6.45) is 3.05. The normalized spacial score (nSPS) is 10.8. The van der Waals surface area contributed by atoms with Crippen molar-refractivity contribution in [1.29, 1.82) is 5.26 Å². The van der Waals surface area contributed by atoms with Crippen LogP contribution in [0.5, 0.6) is 0 Å². The lowest BCUT2D eigenvalue weighted by Crippen LogP contribution is -2.22. The number of aliphatic hydroxyl groups is 2. The summed E-state index contributed by atoms with van der Waals surface area (Å²) in [5.41, 5.74) is 3.38. The third kappa shape index (κ3) is 13.1. The number of rotatable bonds is 6. The maximum atomic E-state index is 8.96. The molecule has 0 aromatic rings. The largest absolute Gasteiger partial charge is 0.393 e. The first-order valence-corrected chi connectivity index (χ1v) is 10.4. The van der Waals surface area contributed by atoms with Crippen LogP contribution in [-0.4, -0.2) is 31.0 Å². The van der Waals surface area contributed by atoms with Gasteiger partial charge in [-0.15, -0.1) is 11.5 Å². The molecule has 0 amide bonds. The first kappa shape index (κ1) is 19.3. The van der Waals surface area contributed by atoms with Gasteiger partial charge in [-0.05, 0) is 30.7 Å². The van der Waals surface area contributed by atoms with Gasteiger partial charge in [0.05, 0.1) is 12.7 Å². The Morgan fingerprint density at radius 1 is 1.05 bits per heavy atom. The van der Waals surface area contributed by atoms with Crippen molar-refractivity contribution >= 4 is 8.07 Å². The van der Waals surface area contributed by atoms with Gasteiger partial charge in [-0.25, -0.2) is 0 Å². The van der Waals surface area contributed by atoms with Crippen molar-refractivity contribution in [3.05, 3.63) is 0 Å². The maximum absolute atomic E-state index is 8.96. The summed E-state index contributed by atoms with van der Waals surface area (Å²) >= 11 is 0. The predicted molar refractivity (Wildman–Crippen MR) is 87.4 cm³/mol. The van der Waals surface area contributed by atoms with E-state index in [0.717, 1.165) is 31.7 Å². The van der Waals surface area contributed by atoms with Gasteiger partial charge in [0.15, 0.2) is 0 Å². The Kier molecular flexibility index (Phi) is 11.1. The standard InChI is InChI=1S/C17H23NO2Si/c1-21(2,15-11-9-13-18)14-10-7-5-3-4-6-8-12-17(20)16-19/h17,19-20H,3,5,7,9,11,15-16H2,1-2H3/t17-/m1/s1. The van der Waals surface area contributed by atoms with Crippen LogP contribution in [0.1, 0.15) is 32.1 Å². The molecule has 0 fully saturated rings. The molecular formula is C17H23NO2Si. The third-order valence-corrected chi connectivity index (χ3v) is 5.14. The van der Waals surface area contributed by atoms with Gasteiger partial charge >= 0.3 is 0 Å². The molecule has 0 aliphatic carbocycles. The number of unbranched alkanes of at least 4 members (excludes halogenated alkanes) is 3. The van der Waals surface area contributed by atoms with Crippen LogP contribution < -0.4 is 0 Å². The molecule has 0 saturated heterocycles. The monoisotopic (exact) mass is 301 g/mol. The molecule has 21 heavy (non-hydrogen) atoms. The highest BCUT2D eigenvalue weighted by molar-refractivity contribution is 6.85. The number of hydrogen-bond donors (Lipinski definition) is 2. The molecule has 0 aliphatic heterocycles. The van der Waals surface area contributed by atoms with Crippen molar-refractivity contribution in [2.45, 2.75) is 57.3 Å². The Bertz CT molecular complexity index is 515. The zero-order valence-corrected chi connectivity index (χ0v) is 13.9. The SMILES string of the molecule is C[Si](C)(C#CCCCC#CC#C[C@@H](O)CO)CCCC#N. The number of nitrogens with zero attached hydrogens (tertiary/aromatic N) is 1. The minimum Gasteiger partial charge on any atom is -0.393 e. The topological polar surface area (TPSA) is 64.2 Å². The van der Waals surface area contributed by atoms with Crippen LogP contribution in [-0.2, 0) is 0 Å². The Balaban J connectivity index is 3.90. The van der Waals surface area contributed by atoms with Crippen LogP contribution in [0.15, 0.2) is 0 Å². The molecule has 0 saturated carbocycles. The molecule has 2 N–H and O–H groups in total. The van der Waals surface area contributed by atoms with Crippen LogP contribution >= 0.6 is 0 Å². The van der Waals surface area contributed by atoms with Gasteiger partial charge < -0.3 is 10.2 Å². The van der Waals surface area contributed by atoms with E-state index in [1.807, 2.05) is 0 Å². The van der Waals surface area contributed by atoms with Gasteiger partial charge in [-0.1, -0.05) is 24.9 Å². The fourth-order valence-corrected chi connectivity index (χ4v) is 3.30. The zero-order chi connectivity index (χ0) is 16.0. The Morgan fingerprint density at radius 2 is 1.76 bits per heavy atom. The fourth-order valence-electron chi connectivity index (χ4n) is 1.51. The van der Waals surface area contributed by atoms with E-state index >= 15 is 0 Å². The molecule has 0 aliphatic rings. The molecule has 0 aromatic heterocycles. The Labute approximate surface area is 129 Å². The lowest BCUT2D eigenvalue weighted by atomic mass is 10.2. The molecule has 4 heteroatoms. The van der Waals surface area contributed by atoms with E-state index in [9.17, 15) is 0 Å². The van der Waals surface area contributed by atoms with Gasteiger partial charge in [-0.2, -0.15) is 5.26 Å². The van der Waals surface area contributed by atoms with Crippen molar-refractivity contribution < 1.29 is 10.2 Å². The van der Waals surface area contributed by atoms with Crippen molar-refractivity contribution in [3.63, 3.8) is 0 Å². The van der Waals surface area contributed by atoms with Gasteiger partial charge in [0.25, 0.3) is 0 Å². The molecule has 0 radical (unpaired) electrons. The van der Waals surface area contributed by atoms with Gasteiger partial charge in [-0.3, -0.25) is 0 Å². The first-order chi connectivity index (χ1) is 10.0. The summed E-state index contributed by atoms with van der Waals surface area (Å²) in [7, 11) is -1.46. The average Bonchev–Trinajstić information content (AvgIpc) is 2.45. The molecule has 112 valence electrons. The third-order valence-electron chi connectivity index (χ3n) is 2.68. The summed E-state index contributed by atoms with van der Waals surface area (Å²) in [5.74, 6) is 13.7. The summed E-state index contributed by atoms with van der Waals surface area (Å²) < 4.78 is 0. The second-order valence-corrected chi connectivity index (χ2v) is 9.84. The highest BCUT2D eigenvalue weighted by Gasteiger charge is 2.16. The summed E-state index contributed by atoms with van der Waals surface area (Å²) in [6, 6.07) is 3.25. The zero-order valence-electron chi connectivity index (χ0n) is 12.9. The highest BCUT2D eigenvalue weighted by Crippen LogP contribution is 2.12. The fraction of sp³-hybridized carbons (Fsp3) is 0.588. The maximum Gasteiger partial charge on any atom is 0.138 e. The van der Waals surface area contributed by atoms with Crippen LogP contribution in [0, 0.1) is 46.5 Å². The van der Waals surface area contributed by atoms with Gasteiger partial charge in [0.1, 0.15) is 14.2 Å². The number of aliphatic hydroxyl groups excluding tert-OH is 2.